The fourth-order valence-corrected chi connectivity index (χ4v) is 0.980. The molecule has 0 aliphatic carbocycles. The highest BCUT2D eigenvalue weighted by Crippen LogP contribution is 2.08. The van der Waals surface area contributed by atoms with Crippen LogP contribution in [0.2, 0.25) is 0 Å². The molecule has 1 rings (SSSR count). The number of nitrogens with two attached hydrogens (primary N) is 1. The molecule has 0 radical (unpaired) electrons. The van der Waals surface area contributed by atoms with Crippen molar-refractivity contribution in [3.05, 3.63) is 35.6 Å². The second-order valence-electron chi connectivity index (χ2n) is 2.95. The Kier molecular flexibility index (Phi) is 3.98. The van der Waals surface area contributed by atoms with Gasteiger partial charge >= 0.3 is 0 Å². The van der Waals surface area contributed by atoms with Gasteiger partial charge in [0.2, 0.25) is 0 Å². The molecule has 1 aromatic carbocycles. The summed E-state index contributed by atoms with van der Waals surface area (Å²) in [6.07, 6.45) is -0.329. The molecular formula is C10H12FNOS. The van der Waals surface area contributed by atoms with Gasteiger partial charge in [0.25, 0.3) is 0 Å². The number of rotatable bonds is 4. The normalized spacial score (nSPS) is 12.4. The summed E-state index contributed by atoms with van der Waals surface area (Å²) in [5.74, 6) is -0.275. The van der Waals surface area contributed by atoms with Crippen LogP contribution in [0.1, 0.15) is 12.5 Å². The zero-order chi connectivity index (χ0) is 10.6. The SMILES string of the molecule is CC(OCc1ccccc1F)C(N)=S. The molecule has 0 fully saturated rings. The molecule has 0 saturated heterocycles. The lowest BCUT2D eigenvalue weighted by atomic mass is 10.2. The quantitative estimate of drug-likeness (QED) is 0.777. The molecular weight excluding hydrogens is 201 g/mol. The lowest BCUT2D eigenvalue weighted by molar-refractivity contribution is 0.0947. The van der Waals surface area contributed by atoms with Gasteiger partial charge in [-0.25, -0.2) is 4.39 Å². The van der Waals surface area contributed by atoms with Gasteiger partial charge in [0.15, 0.2) is 0 Å². The van der Waals surface area contributed by atoms with Crippen molar-refractivity contribution in [1.82, 2.24) is 0 Å². The van der Waals surface area contributed by atoms with Crippen molar-refractivity contribution in [2.24, 2.45) is 5.73 Å². The molecule has 4 heteroatoms. The Bertz CT molecular complexity index is 330. The van der Waals surface area contributed by atoms with Crippen LogP contribution in [0.15, 0.2) is 24.3 Å². The van der Waals surface area contributed by atoms with E-state index in [4.69, 9.17) is 22.7 Å². The third-order valence-electron chi connectivity index (χ3n) is 1.85. The number of thiocarbonyl (C=S) groups is 1. The van der Waals surface area contributed by atoms with Gasteiger partial charge in [-0.15, -0.1) is 0 Å². The molecule has 2 nitrogen and oxygen atoms in total. The van der Waals surface area contributed by atoms with E-state index in [1.807, 2.05) is 0 Å². The van der Waals surface area contributed by atoms with Crippen molar-refractivity contribution in [1.29, 1.82) is 0 Å². The van der Waals surface area contributed by atoms with Crippen molar-refractivity contribution in [2.75, 3.05) is 0 Å². The fraction of sp³-hybridized carbons (Fsp3) is 0.300. The maximum absolute atomic E-state index is 13.1. The molecule has 76 valence electrons. The summed E-state index contributed by atoms with van der Waals surface area (Å²) in [5, 5.41) is 0. The molecule has 2 N–H and O–H groups in total. The first kappa shape index (κ1) is 11.1. The highest BCUT2D eigenvalue weighted by atomic mass is 32.1. The minimum atomic E-state index is -0.329. The van der Waals surface area contributed by atoms with E-state index in [9.17, 15) is 4.39 Å². The van der Waals surface area contributed by atoms with Crippen molar-refractivity contribution in [2.45, 2.75) is 19.6 Å². The Balaban J connectivity index is 2.54. The molecule has 1 aromatic rings. The topological polar surface area (TPSA) is 35.2 Å². The van der Waals surface area contributed by atoms with E-state index in [-0.39, 0.29) is 23.5 Å². The summed E-state index contributed by atoms with van der Waals surface area (Å²) in [6.45, 7) is 1.92. The van der Waals surface area contributed by atoms with Crippen LogP contribution in [0, 0.1) is 5.82 Å². The predicted octanol–water partition coefficient (Wildman–Crippen LogP) is 2.02. The molecule has 0 aliphatic rings. The molecule has 0 saturated carbocycles. The monoisotopic (exact) mass is 213 g/mol. The minimum Gasteiger partial charge on any atom is -0.391 e. The number of halogens is 1. The van der Waals surface area contributed by atoms with Gasteiger partial charge in [-0.3, -0.25) is 0 Å². The summed E-state index contributed by atoms with van der Waals surface area (Å²) in [7, 11) is 0. The lowest BCUT2D eigenvalue weighted by Gasteiger charge is -2.11. The molecule has 0 spiro atoms. The van der Waals surface area contributed by atoms with E-state index in [0.29, 0.717) is 5.56 Å². The Morgan fingerprint density at radius 2 is 2.21 bits per heavy atom. The van der Waals surface area contributed by atoms with Crippen molar-refractivity contribution in [3.63, 3.8) is 0 Å². The van der Waals surface area contributed by atoms with Crippen molar-refractivity contribution >= 4 is 17.2 Å². The van der Waals surface area contributed by atoms with E-state index in [1.165, 1.54) is 6.07 Å². The Labute approximate surface area is 87.9 Å². The van der Waals surface area contributed by atoms with Gasteiger partial charge in [-0.1, -0.05) is 30.4 Å². The highest BCUT2D eigenvalue weighted by molar-refractivity contribution is 7.80. The van der Waals surface area contributed by atoms with Crippen LogP contribution in [-0.4, -0.2) is 11.1 Å². The second-order valence-corrected chi connectivity index (χ2v) is 3.42. The maximum Gasteiger partial charge on any atom is 0.128 e. The smallest absolute Gasteiger partial charge is 0.128 e. The lowest BCUT2D eigenvalue weighted by Crippen LogP contribution is -2.26. The summed E-state index contributed by atoms with van der Waals surface area (Å²) < 4.78 is 18.4. The van der Waals surface area contributed by atoms with Gasteiger partial charge in [0.1, 0.15) is 16.9 Å². The zero-order valence-corrected chi connectivity index (χ0v) is 8.68. The van der Waals surface area contributed by atoms with Crippen LogP contribution in [0.3, 0.4) is 0 Å². The first-order chi connectivity index (χ1) is 6.61. The van der Waals surface area contributed by atoms with Gasteiger partial charge in [-0.2, -0.15) is 0 Å². The minimum absolute atomic E-state index is 0.186. The summed E-state index contributed by atoms with van der Waals surface area (Å²) >= 11 is 4.73. The van der Waals surface area contributed by atoms with E-state index in [1.54, 1.807) is 25.1 Å². The van der Waals surface area contributed by atoms with E-state index < -0.39 is 0 Å². The summed E-state index contributed by atoms with van der Waals surface area (Å²) in [5.41, 5.74) is 5.86. The highest BCUT2D eigenvalue weighted by Gasteiger charge is 2.07. The Hall–Kier alpha value is -1.00. The third kappa shape index (κ3) is 3.05. The maximum atomic E-state index is 13.1. The molecule has 14 heavy (non-hydrogen) atoms. The molecule has 0 bridgehead atoms. The number of ether oxygens (including phenoxy) is 1. The molecule has 0 aromatic heterocycles. The van der Waals surface area contributed by atoms with Crippen molar-refractivity contribution < 1.29 is 9.13 Å². The fourth-order valence-electron chi connectivity index (χ4n) is 0.912. The third-order valence-corrected chi connectivity index (χ3v) is 2.18. The van der Waals surface area contributed by atoms with Crippen LogP contribution < -0.4 is 5.73 Å². The molecule has 1 atom stereocenters. The first-order valence-electron chi connectivity index (χ1n) is 4.25. The van der Waals surface area contributed by atoms with Crippen LogP contribution in [0.4, 0.5) is 4.39 Å². The van der Waals surface area contributed by atoms with Gasteiger partial charge in [0, 0.05) is 5.56 Å². The summed E-state index contributed by atoms with van der Waals surface area (Å²) in [6, 6.07) is 6.45. The van der Waals surface area contributed by atoms with Crippen LogP contribution in [-0.2, 0) is 11.3 Å². The largest absolute Gasteiger partial charge is 0.391 e. The van der Waals surface area contributed by atoms with Crippen molar-refractivity contribution in [3.8, 4) is 0 Å². The van der Waals surface area contributed by atoms with Crippen LogP contribution >= 0.6 is 12.2 Å². The second kappa shape index (κ2) is 5.02. The van der Waals surface area contributed by atoms with E-state index in [0.717, 1.165) is 0 Å². The predicted molar refractivity (Wildman–Crippen MR) is 57.4 cm³/mol. The van der Waals surface area contributed by atoms with Gasteiger partial charge < -0.3 is 10.5 Å². The van der Waals surface area contributed by atoms with E-state index in [2.05, 4.69) is 0 Å². The summed E-state index contributed by atoms with van der Waals surface area (Å²) in [4.78, 5) is 0.279. The molecule has 0 aliphatic heterocycles. The Morgan fingerprint density at radius 3 is 2.79 bits per heavy atom. The average Bonchev–Trinajstić information content (AvgIpc) is 2.16. The molecule has 1 unspecified atom stereocenters. The number of hydrogen-bond acceptors (Lipinski definition) is 2. The van der Waals surface area contributed by atoms with Gasteiger partial charge in [0.05, 0.1) is 6.61 Å². The van der Waals surface area contributed by atoms with E-state index >= 15 is 0 Å². The number of benzene rings is 1. The zero-order valence-electron chi connectivity index (χ0n) is 7.87. The van der Waals surface area contributed by atoms with Crippen LogP contribution in [0.25, 0.3) is 0 Å². The molecule has 0 heterocycles. The molecule has 0 amide bonds. The number of hydrogen-bond donors (Lipinski definition) is 1. The Morgan fingerprint density at radius 1 is 1.57 bits per heavy atom. The average molecular weight is 213 g/mol. The first-order valence-corrected chi connectivity index (χ1v) is 4.66. The van der Waals surface area contributed by atoms with Crippen LogP contribution in [0.5, 0.6) is 0 Å². The standard InChI is InChI=1S/C10H12FNOS/c1-7(10(12)14)13-6-8-4-2-3-5-9(8)11/h2-5,7H,6H2,1H3,(H2,12,14). The van der Waals surface area contributed by atoms with Gasteiger partial charge in [-0.05, 0) is 13.0 Å².